The van der Waals surface area contributed by atoms with E-state index in [2.05, 4.69) is 15.6 Å². The standard InChI is InChI=1S/C20H15FN4O5/c21-14-8-12(30-13-5-6-23-16(9-13)19(22)26)2-3-15(14)25-20(27)24-11-1-4-17-18(7-11)29-10-28-17/h1-9H,10H2,(H2,22,26)(H2,24,25,27). The van der Waals surface area contributed by atoms with Crippen LogP contribution in [0.5, 0.6) is 23.0 Å². The van der Waals surface area contributed by atoms with Crippen molar-refractivity contribution in [2.24, 2.45) is 5.73 Å². The first-order valence-corrected chi connectivity index (χ1v) is 8.69. The molecule has 1 aliphatic rings. The first-order chi connectivity index (χ1) is 14.5. The summed E-state index contributed by atoms with van der Waals surface area (Å²) in [6.45, 7) is 0.119. The zero-order valence-electron chi connectivity index (χ0n) is 15.3. The number of rotatable bonds is 5. The van der Waals surface area contributed by atoms with Crippen LogP contribution in [0.3, 0.4) is 0 Å². The number of carbonyl (C=O) groups is 2. The van der Waals surface area contributed by atoms with E-state index in [1.54, 1.807) is 18.2 Å². The van der Waals surface area contributed by atoms with Gasteiger partial charge in [0.05, 0.1) is 5.69 Å². The summed E-state index contributed by atoms with van der Waals surface area (Å²) in [4.78, 5) is 27.1. The van der Waals surface area contributed by atoms with Crippen LogP contribution in [0.1, 0.15) is 10.5 Å². The molecule has 3 amide bonds. The minimum atomic E-state index is -0.711. The largest absolute Gasteiger partial charge is 0.457 e. The minimum Gasteiger partial charge on any atom is -0.457 e. The Kier molecular flexibility index (Phi) is 5.04. The van der Waals surface area contributed by atoms with Gasteiger partial charge in [-0.05, 0) is 30.3 Å². The molecule has 0 saturated carbocycles. The number of nitrogens with zero attached hydrogens (tertiary/aromatic N) is 1. The number of aromatic nitrogens is 1. The van der Waals surface area contributed by atoms with Crippen molar-refractivity contribution in [3.63, 3.8) is 0 Å². The van der Waals surface area contributed by atoms with Crippen LogP contribution in [0.15, 0.2) is 54.7 Å². The van der Waals surface area contributed by atoms with Gasteiger partial charge in [0.2, 0.25) is 6.79 Å². The maximum atomic E-state index is 14.4. The summed E-state index contributed by atoms with van der Waals surface area (Å²) in [5.41, 5.74) is 5.60. The van der Waals surface area contributed by atoms with Crippen molar-refractivity contribution < 1.29 is 28.2 Å². The lowest BCUT2D eigenvalue weighted by atomic mass is 10.2. The number of primary amides is 1. The smallest absolute Gasteiger partial charge is 0.323 e. The molecule has 9 nitrogen and oxygen atoms in total. The number of anilines is 2. The van der Waals surface area contributed by atoms with Crippen LogP contribution in [0.4, 0.5) is 20.6 Å². The summed E-state index contributed by atoms with van der Waals surface area (Å²) in [7, 11) is 0. The van der Waals surface area contributed by atoms with Crippen LogP contribution in [0.2, 0.25) is 0 Å². The molecule has 0 unspecified atom stereocenters. The molecule has 0 fully saturated rings. The highest BCUT2D eigenvalue weighted by atomic mass is 19.1. The molecule has 10 heteroatoms. The molecule has 1 aromatic heterocycles. The van der Waals surface area contributed by atoms with E-state index < -0.39 is 17.8 Å². The van der Waals surface area contributed by atoms with Crippen LogP contribution in [-0.2, 0) is 0 Å². The Balaban J connectivity index is 1.41. The highest BCUT2D eigenvalue weighted by Crippen LogP contribution is 2.34. The van der Waals surface area contributed by atoms with Gasteiger partial charge in [-0.15, -0.1) is 0 Å². The molecule has 0 atom stereocenters. The fourth-order valence-corrected chi connectivity index (χ4v) is 2.67. The number of nitrogens with two attached hydrogens (primary N) is 1. The topological polar surface area (TPSA) is 125 Å². The van der Waals surface area contributed by atoms with Crippen LogP contribution in [-0.4, -0.2) is 23.7 Å². The molecule has 0 saturated heterocycles. The Hall–Kier alpha value is -4.34. The first kappa shape index (κ1) is 19.0. The number of halogens is 1. The number of hydrogen-bond donors (Lipinski definition) is 3. The Morgan fingerprint density at radius 2 is 1.80 bits per heavy atom. The van der Waals surface area contributed by atoms with E-state index in [9.17, 15) is 14.0 Å². The third-order valence-corrected chi connectivity index (χ3v) is 4.04. The van der Waals surface area contributed by atoms with Gasteiger partial charge in [-0.25, -0.2) is 9.18 Å². The predicted octanol–water partition coefficient (Wildman–Crippen LogP) is 3.48. The zero-order chi connectivity index (χ0) is 21.1. The fourth-order valence-electron chi connectivity index (χ4n) is 2.67. The molecule has 0 radical (unpaired) electrons. The number of hydrogen-bond acceptors (Lipinski definition) is 6. The molecule has 0 spiro atoms. The molecule has 0 aliphatic carbocycles. The van der Waals surface area contributed by atoms with E-state index in [0.717, 1.165) is 6.07 Å². The lowest BCUT2D eigenvalue weighted by molar-refractivity contribution is 0.0995. The molecule has 30 heavy (non-hydrogen) atoms. The highest BCUT2D eigenvalue weighted by molar-refractivity contribution is 6.00. The van der Waals surface area contributed by atoms with Crippen molar-refractivity contribution in [3.8, 4) is 23.0 Å². The highest BCUT2D eigenvalue weighted by Gasteiger charge is 2.15. The number of nitrogens with one attached hydrogen (secondary N) is 2. The molecular formula is C20H15FN4O5. The van der Waals surface area contributed by atoms with Gasteiger partial charge in [0.15, 0.2) is 11.5 Å². The Bertz CT molecular complexity index is 1140. The molecule has 0 bridgehead atoms. The molecule has 152 valence electrons. The van der Waals surface area contributed by atoms with Crippen molar-refractivity contribution in [2.75, 3.05) is 17.4 Å². The second-order valence-corrected chi connectivity index (χ2v) is 6.13. The zero-order valence-corrected chi connectivity index (χ0v) is 15.3. The van der Waals surface area contributed by atoms with E-state index in [1.807, 2.05) is 0 Å². The minimum absolute atomic E-state index is 0.0199. The van der Waals surface area contributed by atoms with Crippen LogP contribution in [0, 0.1) is 5.82 Å². The van der Waals surface area contributed by atoms with Crippen LogP contribution in [0.25, 0.3) is 0 Å². The van der Waals surface area contributed by atoms with Crippen molar-refractivity contribution in [1.29, 1.82) is 0 Å². The number of amides is 3. The summed E-state index contributed by atoms with van der Waals surface area (Å²) in [6.07, 6.45) is 1.35. The van der Waals surface area contributed by atoms with Crippen molar-refractivity contribution in [2.45, 2.75) is 0 Å². The van der Waals surface area contributed by atoms with Crippen LogP contribution < -0.4 is 30.6 Å². The number of urea groups is 1. The summed E-state index contributed by atoms with van der Waals surface area (Å²) >= 11 is 0. The number of ether oxygens (including phenoxy) is 3. The third kappa shape index (κ3) is 4.22. The van der Waals surface area contributed by atoms with Crippen LogP contribution >= 0.6 is 0 Å². The quantitative estimate of drug-likeness (QED) is 0.591. The van der Waals surface area contributed by atoms with Gasteiger partial charge >= 0.3 is 6.03 Å². The molecule has 4 N–H and O–H groups in total. The molecule has 2 aromatic carbocycles. The second kappa shape index (κ2) is 7.95. The SMILES string of the molecule is NC(=O)c1cc(Oc2ccc(NC(=O)Nc3ccc4c(c3)OCO4)c(F)c2)ccn1. The summed E-state index contributed by atoms with van der Waals surface area (Å²) < 4.78 is 30.3. The van der Waals surface area contributed by atoms with Gasteiger partial charge in [-0.3, -0.25) is 9.78 Å². The summed E-state index contributed by atoms with van der Waals surface area (Å²) in [5.74, 6) is 0.100. The average Bonchev–Trinajstić information content (AvgIpc) is 3.18. The normalized spacial score (nSPS) is 11.6. The lowest BCUT2D eigenvalue weighted by Gasteiger charge is -2.11. The Morgan fingerprint density at radius 1 is 1.00 bits per heavy atom. The van der Waals surface area contributed by atoms with Gasteiger partial charge in [0.1, 0.15) is 23.0 Å². The third-order valence-electron chi connectivity index (χ3n) is 4.04. The summed E-state index contributed by atoms with van der Waals surface area (Å²) in [5, 5.41) is 5.00. The average molecular weight is 410 g/mol. The van der Waals surface area contributed by atoms with Crippen molar-refractivity contribution >= 4 is 23.3 Å². The monoisotopic (exact) mass is 410 g/mol. The first-order valence-electron chi connectivity index (χ1n) is 8.69. The Morgan fingerprint density at radius 3 is 2.60 bits per heavy atom. The van der Waals surface area contributed by atoms with E-state index in [-0.39, 0.29) is 29.7 Å². The van der Waals surface area contributed by atoms with Gasteiger partial charge in [0.25, 0.3) is 5.91 Å². The molecular weight excluding hydrogens is 395 g/mol. The predicted molar refractivity (Wildman–Crippen MR) is 104 cm³/mol. The molecule has 4 rings (SSSR count). The van der Waals surface area contributed by atoms with E-state index in [4.69, 9.17) is 19.9 Å². The molecule has 3 aromatic rings. The Labute approximate surface area is 169 Å². The van der Waals surface area contributed by atoms with E-state index in [0.29, 0.717) is 17.2 Å². The number of benzene rings is 2. The van der Waals surface area contributed by atoms with Gasteiger partial charge < -0.3 is 30.6 Å². The van der Waals surface area contributed by atoms with Gasteiger partial charge in [-0.2, -0.15) is 0 Å². The second-order valence-electron chi connectivity index (χ2n) is 6.13. The fraction of sp³-hybridized carbons (Fsp3) is 0.0500. The number of pyridine rings is 1. The lowest BCUT2D eigenvalue weighted by Crippen LogP contribution is -2.20. The molecule has 1 aliphatic heterocycles. The van der Waals surface area contributed by atoms with E-state index in [1.165, 1.54) is 30.5 Å². The van der Waals surface area contributed by atoms with E-state index >= 15 is 0 Å². The maximum Gasteiger partial charge on any atom is 0.323 e. The van der Waals surface area contributed by atoms with Gasteiger partial charge in [-0.1, -0.05) is 0 Å². The van der Waals surface area contributed by atoms with Gasteiger partial charge in [0, 0.05) is 30.1 Å². The van der Waals surface area contributed by atoms with Crippen molar-refractivity contribution in [3.05, 3.63) is 66.2 Å². The molecule has 2 heterocycles. The maximum absolute atomic E-state index is 14.4. The number of fused-ring (bicyclic) bond motifs is 1. The number of carbonyl (C=O) groups excluding carboxylic acids is 2. The van der Waals surface area contributed by atoms with Crippen molar-refractivity contribution in [1.82, 2.24) is 4.98 Å². The summed E-state index contributed by atoms with van der Waals surface area (Å²) in [6, 6.07) is 11.0.